The Bertz CT molecular complexity index is 217. The standard InChI is InChI=1S/C4H6O2.H2O4S/c1-3(2)4(5)6;1-5(2,3)4/h1H2,2H3,(H,5,6);(H2,1,2,3,4)/p-2. The second-order valence-electron chi connectivity index (χ2n) is 1.49. The van der Waals surface area contributed by atoms with Crippen molar-refractivity contribution in [1.82, 2.24) is 0 Å². The van der Waals surface area contributed by atoms with E-state index in [9.17, 15) is 4.79 Å². The van der Waals surface area contributed by atoms with Crippen LogP contribution in [0.25, 0.3) is 0 Å². The van der Waals surface area contributed by atoms with Gasteiger partial charge in [-0.1, -0.05) is 6.58 Å². The quantitative estimate of drug-likeness (QED) is 0.325. The first-order valence-corrected chi connectivity index (χ1v) is 3.53. The van der Waals surface area contributed by atoms with Crippen LogP contribution >= 0.6 is 0 Å². The van der Waals surface area contributed by atoms with E-state index in [0.717, 1.165) is 0 Å². The van der Waals surface area contributed by atoms with Crippen LogP contribution in [0.2, 0.25) is 0 Å². The van der Waals surface area contributed by atoms with Gasteiger partial charge in [0.25, 0.3) is 0 Å². The van der Waals surface area contributed by atoms with Crippen LogP contribution in [0.1, 0.15) is 6.92 Å². The molecule has 7 heteroatoms. The lowest BCUT2D eigenvalue weighted by Gasteiger charge is -2.06. The van der Waals surface area contributed by atoms with Gasteiger partial charge in [-0.2, -0.15) is 0 Å². The van der Waals surface area contributed by atoms with E-state index in [2.05, 4.69) is 6.58 Å². The Balaban J connectivity index is 0. The molecule has 0 aromatic rings. The Kier molecular flexibility index (Phi) is 5.59. The fraction of sp³-hybridized carbons (Fsp3) is 0.250. The molecule has 0 bridgehead atoms. The molecule has 0 saturated heterocycles. The van der Waals surface area contributed by atoms with E-state index in [1.807, 2.05) is 0 Å². The lowest BCUT2D eigenvalue weighted by Crippen LogP contribution is -1.92. The van der Waals surface area contributed by atoms with Gasteiger partial charge in [-0.25, -0.2) is 4.79 Å². The molecule has 0 aliphatic rings. The van der Waals surface area contributed by atoms with Crippen LogP contribution in [0, 0.1) is 0 Å². The maximum absolute atomic E-state index is 9.60. The molecule has 0 unspecified atom stereocenters. The normalized spacial score (nSPS) is 9.36. The van der Waals surface area contributed by atoms with Gasteiger partial charge in [-0.15, -0.1) is 0 Å². The third-order valence-corrected chi connectivity index (χ3v) is 0.365. The Morgan fingerprint density at radius 3 is 1.55 bits per heavy atom. The van der Waals surface area contributed by atoms with Crippen molar-refractivity contribution >= 4 is 16.4 Å². The summed E-state index contributed by atoms with van der Waals surface area (Å²) in [7, 11) is -5.17. The van der Waals surface area contributed by atoms with Gasteiger partial charge in [-0.05, 0) is 6.92 Å². The molecule has 0 aromatic carbocycles. The monoisotopic (exact) mass is 182 g/mol. The Labute approximate surface area is 63.7 Å². The lowest BCUT2D eigenvalue weighted by molar-refractivity contribution is -0.132. The summed E-state index contributed by atoms with van der Waals surface area (Å²) in [6.07, 6.45) is 0. The summed E-state index contributed by atoms with van der Waals surface area (Å²) >= 11 is 0. The zero-order valence-corrected chi connectivity index (χ0v) is 6.42. The number of aliphatic carboxylic acids is 1. The molecule has 66 valence electrons. The number of hydrogen-bond donors (Lipinski definition) is 1. The molecule has 0 spiro atoms. The van der Waals surface area contributed by atoms with Crippen LogP contribution in [-0.2, 0) is 15.2 Å². The summed E-state index contributed by atoms with van der Waals surface area (Å²) in [5, 5.41) is 7.89. The van der Waals surface area contributed by atoms with Gasteiger partial charge < -0.3 is 14.2 Å². The van der Waals surface area contributed by atoms with E-state index >= 15 is 0 Å². The van der Waals surface area contributed by atoms with Crippen molar-refractivity contribution in [2.75, 3.05) is 0 Å². The highest BCUT2D eigenvalue weighted by molar-refractivity contribution is 7.79. The highest BCUT2D eigenvalue weighted by atomic mass is 32.3. The summed E-state index contributed by atoms with van der Waals surface area (Å²) in [6.45, 7) is 4.60. The second-order valence-corrected chi connectivity index (χ2v) is 2.31. The minimum Gasteiger partial charge on any atom is -0.759 e. The first-order chi connectivity index (χ1) is 4.64. The molecule has 11 heavy (non-hydrogen) atoms. The molecule has 0 rings (SSSR count). The zero-order valence-electron chi connectivity index (χ0n) is 5.60. The van der Waals surface area contributed by atoms with Gasteiger partial charge in [0.2, 0.25) is 0 Å². The van der Waals surface area contributed by atoms with Crippen LogP contribution < -0.4 is 0 Å². The molecule has 0 amide bonds. The molecule has 0 aliphatic heterocycles. The fourth-order valence-electron chi connectivity index (χ4n) is 0. The molecule has 0 saturated carbocycles. The molecule has 0 radical (unpaired) electrons. The van der Waals surface area contributed by atoms with Crippen molar-refractivity contribution in [1.29, 1.82) is 0 Å². The predicted octanol–water partition coefficient (Wildman–Crippen LogP) is -0.691. The molecule has 0 aromatic heterocycles. The molecule has 0 aliphatic carbocycles. The molecule has 0 heterocycles. The topological polar surface area (TPSA) is 118 Å². The summed E-state index contributed by atoms with van der Waals surface area (Å²) in [5.74, 6) is -0.935. The summed E-state index contributed by atoms with van der Waals surface area (Å²) < 4.78 is 34.1. The zero-order chi connectivity index (χ0) is 9.65. The van der Waals surface area contributed by atoms with E-state index in [4.69, 9.17) is 22.6 Å². The maximum atomic E-state index is 9.60. The van der Waals surface area contributed by atoms with Crippen LogP contribution in [0.4, 0.5) is 0 Å². The minimum atomic E-state index is -5.17. The van der Waals surface area contributed by atoms with Crippen LogP contribution in [0.15, 0.2) is 12.2 Å². The van der Waals surface area contributed by atoms with E-state index in [1.165, 1.54) is 6.92 Å². The molecular weight excluding hydrogens is 176 g/mol. The van der Waals surface area contributed by atoms with Gasteiger partial charge >= 0.3 is 5.97 Å². The van der Waals surface area contributed by atoms with Crippen molar-refractivity contribution < 1.29 is 27.4 Å². The SMILES string of the molecule is C=C(C)C(=O)O.O=S(=O)([O-])[O-]. The average Bonchev–Trinajstić information content (AvgIpc) is 1.59. The van der Waals surface area contributed by atoms with Gasteiger partial charge in [0.05, 0.1) is 0 Å². The predicted molar refractivity (Wildman–Crippen MR) is 32.9 cm³/mol. The molecule has 1 N–H and O–H groups in total. The Morgan fingerprint density at radius 1 is 1.45 bits per heavy atom. The van der Waals surface area contributed by atoms with Gasteiger partial charge in [0.15, 0.2) is 0 Å². The van der Waals surface area contributed by atoms with Crippen LogP contribution in [-0.4, -0.2) is 28.6 Å². The smallest absolute Gasteiger partial charge is 0.330 e. The number of hydrogen-bond acceptors (Lipinski definition) is 5. The minimum absolute atomic E-state index is 0.176. The second kappa shape index (κ2) is 4.83. The highest BCUT2D eigenvalue weighted by Gasteiger charge is 1.90. The van der Waals surface area contributed by atoms with Gasteiger partial charge in [0.1, 0.15) is 0 Å². The number of carboxylic acids is 1. The van der Waals surface area contributed by atoms with Crippen LogP contribution in [0.5, 0.6) is 0 Å². The first kappa shape index (κ1) is 12.7. The van der Waals surface area contributed by atoms with E-state index in [-0.39, 0.29) is 5.57 Å². The summed E-state index contributed by atoms with van der Waals surface area (Å²) in [6, 6.07) is 0. The molecule has 6 nitrogen and oxygen atoms in total. The Morgan fingerprint density at radius 2 is 1.55 bits per heavy atom. The molecule has 0 fully saturated rings. The fourth-order valence-corrected chi connectivity index (χ4v) is 0. The number of carboxylic acid groups (broad SMARTS) is 1. The van der Waals surface area contributed by atoms with Crippen molar-refractivity contribution in [3.05, 3.63) is 12.2 Å². The average molecular weight is 182 g/mol. The highest BCUT2D eigenvalue weighted by Crippen LogP contribution is 1.81. The first-order valence-electron chi connectivity index (χ1n) is 2.20. The van der Waals surface area contributed by atoms with Crippen molar-refractivity contribution in [3.8, 4) is 0 Å². The van der Waals surface area contributed by atoms with E-state index in [0.29, 0.717) is 0 Å². The third-order valence-electron chi connectivity index (χ3n) is 0.365. The lowest BCUT2D eigenvalue weighted by atomic mass is 10.4. The van der Waals surface area contributed by atoms with E-state index in [1.54, 1.807) is 0 Å². The third kappa shape index (κ3) is 48.0. The number of rotatable bonds is 1. The van der Waals surface area contributed by atoms with Gasteiger partial charge in [0, 0.05) is 16.0 Å². The summed E-state index contributed by atoms with van der Waals surface area (Å²) in [4.78, 5) is 9.60. The van der Waals surface area contributed by atoms with Crippen molar-refractivity contribution in [2.45, 2.75) is 6.92 Å². The summed E-state index contributed by atoms with van der Waals surface area (Å²) in [5.41, 5.74) is 0.176. The Hall–Kier alpha value is -0.920. The molecular formula is C4H6O6S-2. The van der Waals surface area contributed by atoms with Gasteiger partial charge in [-0.3, -0.25) is 8.42 Å². The van der Waals surface area contributed by atoms with Crippen molar-refractivity contribution in [2.24, 2.45) is 0 Å². The number of carbonyl (C=O) groups is 1. The van der Waals surface area contributed by atoms with Crippen molar-refractivity contribution in [3.63, 3.8) is 0 Å². The van der Waals surface area contributed by atoms with Crippen LogP contribution in [0.3, 0.4) is 0 Å². The van der Waals surface area contributed by atoms with E-state index < -0.39 is 16.4 Å². The molecule has 0 atom stereocenters. The largest absolute Gasteiger partial charge is 0.759 e. The maximum Gasteiger partial charge on any atom is 0.330 e.